The zero-order valence-corrected chi connectivity index (χ0v) is 17.7. The van der Waals surface area contributed by atoms with E-state index in [1.54, 1.807) is 0 Å². The number of ether oxygens (including phenoxy) is 2. The average molecular weight is 424 g/mol. The van der Waals surface area contributed by atoms with Crippen LogP contribution in [0, 0.1) is 0 Å². The molecule has 6 nitrogen and oxygen atoms in total. The SMILES string of the molecule is COC(=O)c1c(NC(=O)C[NH+]2C[C@H](C)O[C@@H](C)C2)sc(Cl)c1-c1ccccc1. The van der Waals surface area contributed by atoms with E-state index < -0.39 is 5.97 Å². The first-order valence-electron chi connectivity index (χ1n) is 9.14. The highest BCUT2D eigenvalue weighted by Crippen LogP contribution is 2.43. The molecule has 2 aromatic rings. The van der Waals surface area contributed by atoms with Gasteiger partial charge in [0.2, 0.25) is 0 Å². The van der Waals surface area contributed by atoms with Crippen molar-refractivity contribution in [2.45, 2.75) is 26.1 Å². The summed E-state index contributed by atoms with van der Waals surface area (Å²) in [5.41, 5.74) is 1.66. The molecular weight excluding hydrogens is 400 g/mol. The van der Waals surface area contributed by atoms with Crippen molar-refractivity contribution in [2.24, 2.45) is 0 Å². The van der Waals surface area contributed by atoms with E-state index in [2.05, 4.69) is 5.32 Å². The van der Waals surface area contributed by atoms with Crippen LogP contribution in [0.2, 0.25) is 4.34 Å². The highest BCUT2D eigenvalue weighted by Gasteiger charge is 2.29. The molecule has 0 spiro atoms. The van der Waals surface area contributed by atoms with Crippen LogP contribution in [0.3, 0.4) is 0 Å². The van der Waals surface area contributed by atoms with Gasteiger partial charge in [-0.1, -0.05) is 41.9 Å². The number of anilines is 1. The number of amides is 1. The number of hydrogen-bond acceptors (Lipinski definition) is 5. The number of benzene rings is 1. The van der Waals surface area contributed by atoms with Crippen LogP contribution in [0.25, 0.3) is 11.1 Å². The summed E-state index contributed by atoms with van der Waals surface area (Å²) in [6, 6.07) is 9.36. The Kier molecular flexibility index (Phi) is 6.72. The van der Waals surface area contributed by atoms with Crippen molar-refractivity contribution < 1.29 is 24.0 Å². The highest BCUT2D eigenvalue weighted by molar-refractivity contribution is 7.21. The van der Waals surface area contributed by atoms with Gasteiger partial charge >= 0.3 is 5.97 Å². The fraction of sp³-hybridized carbons (Fsp3) is 0.400. The van der Waals surface area contributed by atoms with Crippen LogP contribution in [0.4, 0.5) is 5.00 Å². The molecule has 1 aromatic heterocycles. The Labute approximate surface area is 173 Å². The molecule has 0 unspecified atom stereocenters. The summed E-state index contributed by atoms with van der Waals surface area (Å²) in [7, 11) is 1.31. The Morgan fingerprint density at radius 3 is 2.50 bits per heavy atom. The van der Waals surface area contributed by atoms with Crippen molar-refractivity contribution in [1.29, 1.82) is 0 Å². The number of esters is 1. The van der Waals surface area contributed by atoms with Gasteiger partial charge in [0.1, 0.15) is 40.2 Å². The number of thiophene rings is 1. The van der Waals surface area contributed by atoms with Crippen LogP contribution in [0.1, 0.15) is 24.2 Å². The predicted octanol–water partition coefficient (Wildman–Crippen LogP) is 2.49. The molecule has 1 amide bonds. The second-order valence-corrected chi connectivity index (χ2v) is 8.58. The molecule has 0 bridgehead atoms. The number of hydrogen-bond donors (Lipinski definition) is 2. The van der Waals surface area contributed by atoms with Crippen LogP contribution in [-0.4, -0.2) is 50.8 Å². The first-order chi connectivity index (χ1) is 13.4. The lowest BCUT2D eigenvalue weighted by molar-refractivity contribution is -0.907. The smallest absolute Gasteiger partial charge is 0.341 e. The molecule has 0 aliphatic carbocycles. The van der Waals surface area contributed by atoms with Crippen molar-refractivity contribution in [3.8, 4) is 11.1 Å². The number of halogens is 1. The Morgan fingerprint density at radius 2 is 1.89 bits per heavy atom. The number of carbonyl (C=O) groups is 2. The molecule has 0 radical (unpaired) electrons. The molecule has 1 aliphatic heterocycles. The zero-order valence-electron chi connectivity index (χ0n) is 16.1. The quantitative estimate of drug-likeness (QED) is 0.725. The maximum atomic E-state index is 12.7. The number of carbonyl (C=O) groups excluding carboxylic acids is 2. The molecule has 2 heterocycles. The van der Waals surface area contributed by atoms with Crippen molar-refractivity contribution in [1.82, 2.24) is 0 Å². The second-order valence-electron chi connectivity index (χ2n) is 6.95. The minimum absolute atomic E-state index is 0.109. The summed E-state index contributed by atoms with van der Waals surface area (Å²) in [6.07, 6.45) is 0.219. The number of nitrogens with one attached hydrogen (secondary N) is 2. The molecule has 1 aromatic carbocycles. The first kappa shape index (κ1) is 20.8. The fourth-order valence-electron chi connectivity index (χ4n) is 3.58. The summed E-state index contributed by atoms with van der Waals surface area (Å²) in [4.78, 5) is 26.3. The number of quaternary nitrogens is 1. The van der Waals surface area contributed by atoms with Gasteiger partial charge in [0, 0.05) is 5.56 Å². The van der Waals surface area contributed by atoms with E-state index >= 15 is 0 Å². The summed E-state index contributed by atoms with van der Waals surface area (Å²) in [5, 5.41) is 3.28. The molecule has 2 N–H and O–H groups in total. The third kappa shape index (κ3) is 4.72. The van der Waals surface area contributed by atoms with Crippen LogP contribution in [0.15, 0.2) is 30.3 Å². The molecule has 3 rings (SSSR count). The van der Waals surface area contributed by atoms with Gasteiger partial charge in [-0.25, -0.2) is 4.79 Å². The average Bonchev–Trinajstić information content (AvgIpc) is 2.96. The standard InChI is InChI=1S/C20H23ClN2O4S/c1-12-9-23(10-13(2)27-12)11-15(24)22-19-17(20(25)26-3)16(18(21)28-19)14-7-5-4-6-8-14/h4-8,12-13H,9-11H2,1-3H3,(H,22,24)/p+1/t12-,13-/m0/s1. The molecule has 1 fully saturated rings. The van der Waals surface area contributed by atoms with Gasteiger partial charge in [0.05, 0.1) is 7.11 Å². The molecular formula is C20H24ClN2O4S+. The van der Waals surface area contributed by atoms with Crippen molar-refractivity contribution in [3.05, 3.63) is 40.2 Å². The van der Waals surface area contributed by atoms with Crippen LogP contribution in [-0.2, 0) is 14.3 Å². The summed E-state index contributed by atoms with van der Waals surface area (Å²) < 4.78 is 11.1. The van der Waals surface area contributed by atoms with Crippen molar-refractivity contribution in [3.63, 3.8) is 0 Å². The van der Waals surface area contributed by atoms with E-state index in [0.29, 0.717) is 21.4 Å². The van der Waals surface area contributed by atoms with E-state index in [4.69, 9.17) is 21.1 Å². The van der Waals surface area contributed by atoms with Gasteiger partial charge in [0.25, 0.3) is 5.91 Å². The van der Waals surface area contributed by atoms with Gasteiger partial charge in [-0.15, -0.1) is 11.3 Å². The third-order valence-electron chi connectivity index (χ3n) is 4.60. The lowest BCUT2D eigenvalue weighted by Gasteiger charge is -2.31. The van der Waals surface area contributed by atoms with Gasteiger partial charge in [-0.05, 0) is 19.4 Å². The fourth-order valence-corrected chi connectivity index (χ4v) is 4.97. The van der Waals surface area contributed by atoms with Crippen molar-refractivity contribution >= 4 is 39.8 Å². The number of morpholine rings is 1. The van der Waals surface area contributed by atoms with E-state index in [1.165, 1.54) is 18.4 Å². The second kappa shape index (κ2) is 9.05. The zero-order chi connectivity index (χ0) is 20.3. The molecule has 150 valence electrons. The maximum Gasteiger partial charge on any atom is 0.341 e. The molecule has 1 saturated heterocycles. The Hall–Kier alpha value is -1.93. The molecule has 1 aliphatic rings. The van der Waals surface area contributed by atoms with Crippen LogP contribution >= 0.6 is 22.9 Å². The number of methoxy groups -OCH3 is 1. The minimum atomic E-state index is -0.529. The van der Waals surface area contributed by atoms with E-state index in [1.807, 2.05) is 44.2 Å². The predicted molar refractivity (Wildman–Crippen MR) is 110 cm³/mol. The highest BCUT2D eigenvalue weighted by atomic mass is 35.5. The van der Waals surface area contributed by atoms with E-state index in [-0.39, 0.29) is 23.7 Å². The minimum Gasteiger partial charge on any atom is -0.465 e. The Bertz CT molecular complexity index is 845. The summed E-state index contributed by atoms with van der Waals surface area (Å²) >= 11 is 7.61. The maximum absolute atomic E-state index is 12.7. The van der Waals surface area contributed by atoms with Gasteiger partial charge in [-0.2, -0.15) is 0 Å². The van der Waals surface area contributed by atoms with Gasteiger partial charge < -0.3 is 19.7 Å². The topological polar surface area (TPSA) is 69.1 Å². The van der Waals surface area contributed by atoms with Crippen LogP contribution < -0.4 is 10.2 Å². The normalized spacial score (nSPS) is 21.9. The van der Waals surface area contributed by atoms with E-state index in [9.17, 15) is 9.59 Å². The molecule has 28 heavy (non-hydrogen) atoms. The van der Waals surface area contributed by atoms with Gasteiger partial charge in [-0.3, -0.25) is 4.79 Å². The molecule has 0 saturated carbocycles. The summed E-state index contributed by atoms with van der Waals surface area (Å²) in [5.74, 6) is -0.697. The molecule has 8 heteroatoms. The number of rotatable bonds is 5. The Morgan fingerprint density at radius 1 is 1.25 bits per heavy atom. The molecule has 2 atom stereocenters. The van der Waals surface area contributed by atoms with Crippen LogP contribution in [0.5, 0.6) is 0 Å². The lowest BCUT2D eigenvalue weighted by Crippen LogP contribution is -3.16. The largest absolute Gasteiger partial charge is 0.465 e. The Balaban J connectivity index is 1.83. The van der Waals surface area contributed by atoms with Crippen molar-refractivity contribution in [2.75, 3.05) is 32.1 Å². The lowest BCUT2D eigenvalue weighted by atomic mass is 10.0. The third-order valence-corrected chi connectivity index (χ3v) is 5.91. The monoisotopic (exact) mass is 423 g/mol. The van der Waals surface area contributed by atoms with E-state index in [0.717, 1.165) is 23.6 Å². The first-order valence-corrected chi connectivity index (χ1v) is 10.3. The summed E-state index contributed by atoms with van der Waals surface area (Å²) in [6.45, 7) is 5.85. The van der Waals surface area contributed by atoms with Gasteiger partial charge in [0.15, 0.2) is 6.54 Å².